The zero-order chi connectivity index (χ0) is 10.7. The van der Waals surface area contributed by atoms with Crippen LogP contribution in [0.1, 0.15) is 38.5 Å². The molecule has 1 atom stereocenters. The third-order valence-corrected chi connectivity index (χ3v) is 4.09. The molecule has 15 heavy (non-hydrogen) atoms. The molecule has 1 saturated heterocycles. The van der Waals surface area contributed by atoms with E-state index in [0.717, 1.165) is 26.2 Å². The molecule has 1 unspecified atom stereocenters. The maximum atomic E-state index is 6.35. The Hall–Kier alpha value is -0.120. The summed E-state index contributed by atoms with van der Waals surface area (Å²) < 4.78 is 5.40. The SMILES string of the molecule is CN(CCC1(N)CCCC1)C1CCOC1. The highest BCUT2D eigenvalue weighted by Gasteiger charge is 2.30. The molecule has 1 aliphatic heterocycles. The van der Waals surface area contributed by atoms with Gasteiger partial charge < -0.3 is 15.4 Å². The monoisotopic (exact) mass is 212 g/mol. The summed E-state index contributed by atoms with van der Waals surface area (Å²) in [6.45, 7) is 2.97. The minimum absolute atomic E-state index is 0.147. The fraction of sp³-hybridized carbons (Fsp3) is 1.00. The molecule has 0 spiro atoms. The van der Waals surface area contributed by atoms with Gasteiger partial charge in [0.1, 0.15) is 0 Å². The Morgan fingerprint density at radius 1 is 1.40 bits per heavy atom. The second kappa shape index (κ2) is 4.81. The average Bonchev–Trinajstić information content (AvgIpc) is 2.85. The third-order valence-electron chi connectivity index (χ3n) is 4.09. The summed E-state index contributed by atoms with van der Waals surface area (Å²) in [5.41, 5.74) is 6.49. The largest absolute Gasteiger partial charge is 0.380 e. The van der Waals surface area contributed by atoms with Gasteiger partial charge in [-0.3, -0.25) is 0 Å². The zero-order valence-corrected chi connectivity index (χ0v) is 9.87. The highest BCUT2D eigenvalue weighted by Crippen LogP contribution is 2.30. The molecule has 2 fully saturated rings. The average molecular weight is 212 g/mol. The molecule has 1 heterocycles. The van der Waals surface area contributed by atoms with Gasteiger partial charge in [0, 0.05) is 18.2 Å². The van der Waals surface area contributed by atoms with E-state index >= 15 is 0 Å². The van der Waals surface area contributed by atoms with E-state index in [1.165, 1.54) is 32.1 Å². The summed E-state index contributed by atoms with van der Waals surface area (Å²) >= 11 is 0. The Morgan fingerprint density at radius 3 is 2.73 bits per heavy atom. The molecule has 0 radical (unpaired) electrons. The van der Waals surface area contributed by atoms with Crippen molar-refractivity contribution in [2.75, 3.05) is 26.8 Å². The number of hydrogen-bond acceptors (Lipinski definition) is 3. The number of nitrogens with zero attached hydrogens (tertiary/aromatic N) is 1. The van der Waals surface area contributed by atoms with Gasteiger partial charge >= 0.3 is 0 Å². The van der Waals surface area contributed by atoms with Crippen molar-refractivity contribution in [1.82, 2.24) is 4.90 Å². The van der Waals surface area contributed by atoms with Crippen LogP contribution in [0.4, 0.5) is 0 Å². The molecule has 3 nitrogen and oxygen atoms in total. The topological polar surface area (TPSA) is 38.5 Å². The van der Waals surface area contributed by atoms with Crippen LogP contribution < -0.4 is 5.73 Å². The summed E-state index contributed by atoms with van der Waals surface area (Å²) in [6, 6.07) is 0.634. The van der Waals surface area contributed by atoms with E-state index in [0.29, 0.717) is 6.04 Å². The molecule has 2 N–H and O–H groups in total. The Morgan fingerprint density at radius 2 is 2.13 bits per heavy atom. The minimum Gasteiger partial charge on any atom is -0.380 e. The van der Waals surface area contributed by atoms with Crippen molar-refractivity contribution >= 4 is 0 Å². The predicted molar refractivity (Wildman–Crippen MR) is 61.9 cm³/mol. The van der Waals surface area contributed by atoms with Gasteiger partial charge in [-0.1, -0.05) is 12.8 Å². The van der Waals surface area contributed by atoms with Crippen molar-refractivity contribution in [2.45, 2.75) is 50.1 Å². The Kier molecular flexibility index (Phi) is 3.65. The summed E-state index contributed by atoms with van der Waals surface area (Å²) in [6.07, 6.45) is 7.44. The van der Waals surface area contributed by atoms with Crippen LogP contribution in [-0.2, 0) is 4.74 Å². The zero-order valence-electron chi connectivity index (χ0n) is 9.87. The van der Waals surface area contributed by atoms with Crippen LogP contribution in [0.15, 0.2) is 0 Å². The molecule has 1 aliphatic carbocycles. The van der Waals surface area contributed by atoms with Gasteiger partial charge in [0.25, 0.3) is 0 Å². The van der Waals surface area contributed by atoms with E-state index in [-0.39, 0.29) is 5.54 Å². The van der Waals surface area contributed by atoms with Crippen LogP contribution in [0.2, 0.25) is 0 Å². The summed E-state index contributed by atoms with van der Waals surface area (Å²) in [4.78, 5) is 2.43. The van der Waals surface area contributed by atoms with Gasteiger partial charge in [-0.05, 0) is 39.3 Å². The number of hydrogen-bond donors (Lipinski definition) is 1. The lowest BCUT2D eigenvalue weighted by Gasteiger charge is -2.29. The normalized spacial score (nSPS) is 30.2. The van der Waals surface area contributed by atoms with Crippen LogP contribution in [0.3, 0.4) is 0 Å². The lowest BCUT2D eigenvalue weighted by molar-refractivity contribution is 0.153. The van der Waals surface area contributed by atoms with Crippen molar-refractivity contribution in [3.63, 3.8) is 0 Å². The van der Waals surface area contributed by atoms with E-state index in [9.17, 15) is 0 Å². The van der Waals surface area contributed by atoms with Crippen molar-refractivity contribution in [3.8, 4) is 0 Å². The second-order valence-electron chi connectivity index (χ2n) is 5.32. The third kappa shape index (κ3) is 2.92. The van der Waals surface area contributed by atoms with Gasteiger partial charge in [0.2, 0.25) is 0 Å². The quantitative estimate of drug-likeness (QED) is 0.765. The molecule has 0 aromatic rings. The molecule has 0 amide bonds. The number of nitrogens with two attached hydrogens (primary N) is 1. The van der Waals surface area contributed by atoms with Gasteiger partial charge in [-0.15, -0.1) is 0 Å². The standard InChI is InChI=1S/C12H24N2O/c1-14(11-4-9-15-10-11)8-7-12(13)5-2-3-6-12/h11H,2-10,13H2,1H3. The molecule has 0 aromatic heterocycles. The van der Waals surface area contributed by atoms with Gasteiger partial charge in [-0.25, -0.2) is 0 Å². The first kappa shape index (κ1) is 11.4. The van der Waals surface area contributed by atoms with Gasteiger partial charge in [0.15, 0.2) is 0 Å². The van der Waals surface area contributed by atoms with Gasteiger partial charge in [-0.2, -0.15) is 0 Å². The van der Waals surface area contributed by atoms with Crippen molar-refractivity contribution in [2.24, 2.45) is 5.73 Å². The lowest BCUT2D eigenvalue weighted by Crippen LogP contribution is -2.42. The molecule has 1 saturated carbocycles. The first-order chi connectivity index (χ1) is 7.20. The predicted octanol–water partition coefficient (Wildman–Crippen LogP) is 1.37. The molecular weight excluding hydrogens is 188 g/mol. The van der Waals surface area contributed by atoms with E-state index < -0.39 is 0 Å². The van der Waals surface area contributed by atoms with E-state index in [2.05, 4.69) is 11.9 Å². The molecule has 88 valence electrons. The van der Waals surface area contributed by atoms with Crippen LogP contribution in [0.5, 0.6) is 0 Å². The maximum Gasteiger partial charge on any atom is 0.0622 e. The van der Waals surface area contributed by atoms with Crippen LogP contribution in [0, 0.1) is 0 Å². The molecule has 2 rings (SSSR count). The Bertz CT molecular complexity index is 196. The van der Waals surface area contributed by atoms with E-state index in [1.54, 1.807) is 0 Å². The number of rotatable bonds is 4. The molecular formula is C12H24N2O. The molecule has 3 heteroatoms. The fourth-order valence-corrected chi connectivity index (χ4v) is 2.78. The van der Waals surface area contributed by atoms with Crippen molar-refractivity contribution < 1.29 is 4.74 Å². The summed E-state index contributed by atoms with van der Waals surface area (Å²) in [7, 11) is 2.21. The highest BCUT2D eigenvalue weighted by molar-refractivity contribution is 4.90. The molecule has 2 aliphatic rings. The fourth-order valence-electron chi connectivity index (χ4n) is 2.78. The Balaban J connectivity index is 1.72. The maximum absolute atomic E-state index is 6.35. The van der Waals surface area contributed by atoms with Gasteiger partial charge in [0.05, 0.1) is 6.61 Å². The number of likely N-dealkylation sites (N-methyl/N-ethyl adjacent to an activating group) is 1. The highest BCUT2D eigenvalue weighted by atomic mass is 16.5. The first-order valence-corrected chi connectivity index (χ1v) is 6.26. The Labute approximate surface area is 93.0 Å². The minimum atomic E-state index is 0.147. The molecule has 0 aromatic carbocycles. The van der Waals surface area contributed by atoms with Crippen LogP contribution in [-0.4, -0.2) is 43.3 Å². The van der Waals surface area contributed by atoms with E-state index in [1.807, 2.05) is 0 Å². The van der Waals surface area contributed by atoms with Crippen LogP contribution >= 0.6 is 0 Å². The van der Waals surface area contributed by atoms with Crippen molar-refractivity contribution in [1.29, 1.82) is 0 Å². The smallest absolute Gasteiger partial charge is 0.0622 e. The molecule has 0 bridgehead atoms. The lowest BCUT2D eigenvalue weighted by atomic mass is 9.94. The van der Waals surface area contributed by atoms with E-state index in [4.69, 9.17) is 10.5 Å². The second-order valence-corrected chi connectivity index (χ2v) is 5.32. The summed E-state index contributed by atoms with van der Waals surface area (Å²) in [5, 5.41) is 0. The summed E-state index contributed by atoms with van der Waals surface area (Å²) in [5.74, 6) is 0. The van der Waals surface area contributed by atoms with Crippen LogP contribution in [0.25, 0.3) is 0 Å². The first-order valence-electron chi connectivity index (χ1n) is 6.26. The number of ether oxygens (including phenoxy) is 1. The van der Waals surface area contributed by atoms with Crippen molar-refractivity contribution in [3.05, 3.63) is 0 Å².